The summed E-state index contributed by atoms with van der Waals surface area (Å²) in [5.41, 5.74) is 0.145. The molecule has 0 spiro atoms. The molecule has 2 amide bonds. The van der Waals surface area contributed by atoms with Crippen LogP contribution >= 0.6 is 0 Å². The van der Waals surface area contributed by atoms with E-state index in [9.17, 15) is 18.4 Å². The van der Waals surface area contributed by atoms with E-state index in [0.717, 1.165) is 25.0 Å². The molecule has 1 aromatic carbocycles. The molecule has 5 nitrogen and oxygen atoms in total. The largest absolute Gasteiger partial charge is 0.352 e. The number of piperazine rings is 1. The normalized spacial score (nSPS) is 23.9. The summed E-state index contributed by atoms with van der Waals surface area (Å²) < 4.78 is 26.4. The van der Waals surface area contributed by atoms with Gasteiger partial charge >= 0.3 is 0 Å². The van der Waals surface area contributed by atoms with Gasteiger partial charge in [0.15, 0.2) is 11.6 Å². The molecule has 1 saturated carbocycles. The van der Waals surface area contributed by atoms with Crippen LogP contribution in [0.3, 0.4) is 0 Å². The lowest BCUT2D eigenvalue weighted by Gasteiger charge is -2.35. The highest BCUT2D eigenvalue weighted by atomic mass is 19.2. The molecule has 148 valence electrons. The zero-order chi connectivity index (χ0) is 19.4. The fourth-order valence-electron chi connectivity index (χ4n) is 3.91. The minimum Gasteiger partial charge on any atom is -0.352 e. The Morgan fingerprint density at radius 3 is 2.44 bits per heavy atom. The minimum absolute atomic E-state index is 0.0362. The van der Waals surface area contributed by atoms with Gasteiger partial charge in [0.2, 0.25) is 5.91 Å². The maximum Gasteiger partial charge on any atom is 0.254 e. The Hall–Kier alpha value is -2.02. The first kappa shape index (κ1) is 19.7. The molecule has 2 fully saturated rings. The Labute approximate surface area is 158 Å². The molecule has 1 aliphatic carbocycles. The first-order chi connectivity index (χ1) is 12.9. The zero-order valence-corrected chi connectivity index (χ0v) is 15.7. The molecule has 3 rings (SSSR count). The number of amides is 2. The smallest absolute Gasteiger partial charge is 0.254 e. The van der Waals surface area contributed by atoms with Gasteiger partial charge in [-0.05, 0) is 37.0 Å². The molecular formula is C20H27F2N3O2. The molecule has 27 heavy (non-hydrogen) atoms. The van der Waals surface area contributed by atoms with Gasteiger partial charge in [0.25, 0.3) is 5.91 Å². The van der Waals surface area contributed by atoms with Gasteiger partial charge in [-0.15, -0.1) is 0 Å². The minimum atomic E-state index is -1.02. The Morgan fingerprint density at radius 1 is 1.07 bits per heavy atom. The molecule has 0 unspecified atom stereocenters. The topological polar surface area (TPSA) is 52.7 Å². The van der Waals surface area contributed by atoms with Crippen LogP contribution < -0.4 is 5.32 Å². The van der Waals surface area contributed by atoms with Crippen molar-refractivity contribution < 1.29 is 18.4 Å². The van der Waals surface area contributed by atoms with E-state index in [0.29, 0.717) is 38.6 Å². The van der Waals surface area contributed by atoms with Crippen LogP contribution in [0.25, 0.3) is 0 Å². The number of nitrogens with one attached hydrogen (secondary N) is 1. The van der Waals surface area contributed by atoms with Crippen molar-refractivity contribution in [2.45, 2.75) is 38.6 Å². The van der Waals surface area contributed by atoms with E-state index in [4.69, 9.17) is 0 Å². The highest BCUT2D eigenvalue weighted by Gasteiger charge is 2.26. The van der Waals surface area contributed by atoms with Gasteiger partial charge in [0.1, 0.15) is 0 Å². The van der Waals surface area contributed by atoms with Crippen LogP contribution in [0.15, 0.2) is 18.2 Å². The number of rotatable bonds is 4. The van der Waals surface area contributed by atoms with E-state index in [2.05, 4.69) is 12.2 Å². The Kier molecular flexibility index (Phi) is 6.42. The number of halogens is 2. The van der Waals surface area contributed by atoms with Crippen LogP contribution in [0.4, 0.5) is 8.78 Å². The van der Waals surface area contributed by atoms with Gasteiger partial charge in [0.05, 0.1) is 6.54 Å². The van der Waals surface area contributed by atoms with Gasteiger partial charge in [-0.25, -0.2) is 8.78 Å². The average molecular weight is 379 g/mol. The van der Waals surface area contributed by atoms with Crippen molar-refractivity contribution in [1.29, 1.82) is 0 Å². The number of carbonyl (C=O) groups is 2. The van der Waals surface area contributed by atoms with Crippen LogP contribution in [0, 0.1) is 17.6 Å². The van der Waals surface area contributed by atoms with Crippen molar-refractivity contribution in [3.63, 3.8) is 0 Å². The predicted octanol–water partition coefficient (Wildman–Crippen LogP) is 2.42. The van der Waals surface area contributed by atoms with Crippen LogP contribution in [0.2, 0.25) is 0 Å². The summed E-state index contributed by atoms with van der Waals surface area (Å²) in [7, 11) is 0. The number of hydrogen-bond donors (Lipinski definition) is 1. The summed E-state index contributed by atoms with van der Waals surface area (Å²) in [5.74, 6) is -1.74. The third-order valence-electron chi connectivity index (χ3n) is 5.65. The molecular weight excluding hydrogens is 352 g/mol. The number of benzene rings is 1. The summed E-state index contributed by atoms with van der Waals surface area (Å²) in [6.07, 6.45) is 4.61. The summed E-state index contributed by atoms with van der Waals surface area (Å²) >= 11 is 0. The van der Waals surface area contributed by atoms with Gasteiger partial charge in [0, 0.05) is 37.8 Å². The summed E-state index contributed by atoms with van der Waals surface area (Å²) in [6.45, 7) is 4.62. The predicted molar refractivity (Wildman–Crippen MR) is 98.3 cm³/mol. The highest BCUT2D eigenvalue weighted by molar-refractivity contribution is 5.94. The maximum absolute atomic E-state index is 13.3. The molecule has 1 aliphatic heterocycles. The average Bonchev–Trinajstić information content (AvgIpc) is 2.66. The second-order valence-electron chi connectivity index (χ2n) is 7.63. The van der Waals surface area contributed by atoms with Gasteiger partial charge in [-0.1, -0.05) is 19.8 Å². The van der Waals surface area contributed by atoms with E-state index in [-0.39, 0.29) is 23.4 Å². The molecule has 1 heterocycles. The first-order valence-corrected chi connectivity index (χ1v) is 9.70. The standard InChI is InChI=1S/C20H27F2N3O2/c1-14-4-2-3-5-18(14)23-19(26)13-24-8-10-25(11-9-24)20(27)15-6-7-16(21)17(22)12-15/h6-7,12,14,18H,2-5,8-11,13H2,1H3,(H,23,26)/t14-,18+/m0/s1. The molecule has 0 radical (unpaired) electrons. The number of hydrogen-bond acceptors (Lipinski definition) is 3. The van der Waals surface area contributed by atoms with Gasteiger partial charge < -0.3 is 10.2 Å². The van der Waals surface area contributed by atoms with Crippen LogP contribution in [0.1, 0.15) is 43.0 Å². The van der Waals surface area contributed by atoms with Crippen molar-refractivity contribution in [2.75, 3.05) is 32.7 Å². The highest BCUT2D eigenvalue weighted by Crippen LogP contribution is 2.23. The Morgan fingerprint density at radius 2 is 1.78 bits per heavy atom. The molecule has 1 aromatic rings. The van der Waals surface area contributed by atoms with E-state index < -0.39 is 11.6 Å². The molecule has 7 heteroatoms. The zero-order valence-electron chi connectivity index (χ0n) is 15.7. The third-order valence-corrected chi connectivity index (χ3v) is 5.65. The van der Waals surface area contributed by atoms with Crippen molar-refractivity contribution >= 4 is 11.8 Å². The molecule has 1 saturated heterocycles. The van der Waals surface area contributed by atoms with Gasteiger partial charge in [-0.3, -0.25) is 14.5 Å². The fraction of sp³-hybridized carbons (Fsp3) is 0.600. The molecule has 1 N–H and O–H groups in total. The monoisotopic (exact) mass is 379 g/mol. The summed E-state index contributed by atoms with van der Waals surface area (Å²) in [6, 6.07) is 3.46. The van der Waals surface area contributed by atoms with E-state index in [1.807, 2.05) is 4.90 Å². The summed E-state index contributed by atoms with van der Waals surface area (Å²) in [5, 5.41) is 3.15. The molecule has 0 aromatic heterocycles. The van der Waals surface area contributed by atoms with Crippen molar-refractivity contribution in [3.05, 3.63) is 35.4 Å². The first-order valence-electron chi connectivity index (χ1n) is 9.70. The van der Waals surface area contributed by atoms with Crippen LogP contribution in [-0.4, -0.2) is 60.4 Å². The van der Waals surface area contributed by atoms with E-state index in [1.165, 1.54) is 18.9 Å². The fourth-order valence-corrected chi connectivity index (χ4v) is 3.91. The van der Waals surface area contributed by atoms with Crippen LogP contribution in [0.5, 0.6) is 0 Å². The summed E-state index contributed by atoms with van der Waals surface area (Å²) in [4.78, 5) is 28.4. The van der Waals surface area contributed by atoms with E-state index >= 15 is 0 Å². The quantitative estimate of drug-likeness (QED) is 0.874. The lowest BCUT2D eigenvalue weighted by molar-refractivity contribution is -0.123. The van der Waals surface area contributed by atoms with Crippen molar-refractivity contribution in [2.24, 2.45) is 5.92 Å². The lowest BCUT2D eigenvalue weighted by atomic mass is 9.86. The maximum atomic E-state index is 13.3. The second-order valence-corrected chi connectivity index (χ2v) is 7.63. The van der Waals surface area contributed by atoms with Crippen molar-refractivity contribution in [1.82, 2.24) is 15.1 Å². The second kappa shape index (κ2) is 8.78. The number of carbonyl (C=O) groups excluding carboxylic acids is 2. The number of nitrogens with zero attached hydrogens (tertiary/aromatic N) is 2. The lowest BCUT2D eigenvalue weighted by Crippen LogP contribution is -2.52. The Bertz CT molecular complexity index is 690. The van der Waals surface area contributed by atoms with Crippen LogP contribution in [-0.2, 0) is 4.79 Å². The Balaban J connectivity index is 1.46. The van der Waals surface area contributed by atoms with E-state index in [1.54, 1.807) is 4.90 Å². The molecule has 2 atom stereocenters. The molecule has 0 bridgehead atoms. The SMILES string of the molecule is C[C@H]1CCCC[C@H]1NC(=O)CN1CCN(C(=O)c2ccc(F)c(F)c2)CC1. The third kappa shape index (κ3) is 5.03. The van der Waals surface area contributed by atoms with Gasteiger partial charge in [-0.2, -0.15) is 0 Å². The molecule has 2 aliphatic rings. The van der Waals surface area contributed by atoms with Crippen molar-refractivity contribution in [3.8, 4) is 0 Å².